The van der Waals surface area contributed by atoms with E-state index in [9.17, 15) is 4.79 Å². The van der Waals surface area contributed by atoms with Crippen molar-refractivity contribution in [3.05, 3.63) is 28.2 Å². The number of halogens is 2. The highest BCUT2D eigenvalue weighted by molar-refractivity contribution is 6.36. The van der Waals surface area contributed by atoms with Gasteiger partial charge in [-0.2, -0.15) is 0 Å². The Morgan fingerprint density at radius 2 is 1.95 bits per heavy atom. The molecular formula is C13H18Cl2N2O2. The number of hydrogen-bond acceptors (Lipinski definition) is 3. The van der Waals surface area contributed by atoms with Gasteiger partial charge >= 0.3 is 6.09 Å². The second-order valence-corrected chi connectivity index (χ2v) is 5.82. The van der Waals surface area contributed by atoms with Gasteiger partial charge in [0.25, 0.3) is 0 Å². The standard InChI is InChI=1S/C13H18Cl2N2O2/c1-13(2,3)19-12(18)17-7-6-16-11-5-4-9(14)8-10(11)15/h4-5,8,16H,6-7H2,1-3H3,(H,17,18). The first-order valence-electron chi connectivity index (χ1n) is 5.94. The number of alkyl carbamates (subject to hydrolysis) is 1. The third-order valence-electron chi connectivity index (χ3n) is 2.04. The van der Waals surface area contributed by atoms with Crippen molar-refractivity contribution in [3.8, 4) is 0 Å². The third kappa shape index (κ3) is 6.55. The summed E-state index contributed by atoms with van der Waals surface area (Å²) >= 11 is 11.8. The number of anilines is 1. The molecule has 6 heteroatoms. The maximum Gasteiger partial charge on any atom is 0.407 e. The minimum Gasteiger partial charge on any atom is -0.444 e. The summed E-state index contributed by atoms with van der Waals surface area (Å²) in [5.41, 5.74) is 0.286. The molecule has 0 aromatic heterocycles. The van der Waals surface area contributed by atoms with E-state index in [1.165, 1.54) is 0 Å². The van der Waals surface area contributed by atoms with Gasteiger partial charge in [0, 0.05) is 18.1 Å². The summed E-state index contributed by atoms with van der Waals surface area (Å²) in [4.78, 5) is 11.4. The predicted octanol–water partition coefficient (Wildman–Crippen LogP) is 3.93. The lowest BCUT2D eigenvalue weighted by Crippen LogP contribution is -2.35. The Kier molecular flexibility index (Phi) is 5.76. The van der Waals surface area contributed by atoms with E-state index >= 15 is 0 Å². The van der Waals surface area contributed by atoms with Crippen molar-refractivity contribution in [2.45, 2.75) is 26.4 Å². The quantitative estimate of drug-likeness (QED) is 0.829. The van der Waals surface area contributed by atoms with Crippen LogP contribution in [0.4, 0.5) is 10.5 Å². The first-order chi connectivity index (χ1) is 8.78. The summed E-state index contributed by atoms with van der Waals surface area (Å²) in [5.74, 6) is 0. The van der Waals surface area contributed by atoms with Crippen molar-refractivity contribution in [3.63, 3.8) is 0 Å². The van der Waals surface area contributed by atoms with Gasteiger partial charge in [-0.25, -0.2) is 4.79 Å². The highest BCUT2D eigenvalue weighted by atomic mass is 35.5. The van der Waals surface area contributed by atoms with Crippen molar-refractivity contribution < 1.29 is 9.53 Å². The lowest BCUT2D eigenvalue weighted by Gasteiger charge is -2.19. The molecule has 0 saturated carbocycles. The van der Waals surface area contributed by atoms with Crippen molar-refractivity contribution in [1.82, 2.24) is 5.32 Å². The normalized spacial score (nSPS) is 11.0. The molecule has 0 bridgehead atoms. The van der Waals surface area contributed by atoms with Crippen LogP contribution in [-0.4, -0.2) is 24.8 Å². The molecule has 19 heavy (non-hydrogen) atoms. The zero-order chi connectivity index (χ0) is 14.5. The fourth-order valence-corrected chi connectivity index (χ4v) is 1.78. The van der Waals surface area contributed by atoms with E-state index in [0.717, 1.165) is 5.69 Å². The number of nitrogens with one attached hydrogen (secondary N) is 2. The van der Waals surface area contributed by atoms with Crippen LogP contribution in [0.3, 0.4) is 0 Å². The number of carbonyl (C=O) groups is 1. The van der Waals surface area contributed by atoms with Crippen molar-refractivity contribution in [2.75, 3.05) is 18.4 Å². The zero-order valence-electron chi connectivity index (χ0n) is 11.2. The number of carbonyl (C=O) groups excluding carboxylic acids is 1. The summed E-state index contributed by atoms with van der Waals surface area (Å²) in [7, 11) is 0. The molecule has 0 aliphatic heterocycles. The minimum absolute atomic E-state index is 0.434. The van der Waals surface area contributed by atoms with Crippen molar-refractivity contribution in [2.24, 2.45) is 0 Å². The smallest absolute Gasteiger partial charge is 0.407 e. The van der Waals surface area contributed by atoms with Gasteiger partial charge in [0.2, 0.25) is 0 Å². The van der Waals surface area contributed by atoms with Crippen LogP contribution in [0.15, 0.2) is 18.2 Å². The van der Waals surface area contributed by atoms with Crippen LogP contribution in [0.1, 0.15) is 20.8 Å². The maximum absolute atomic E-state index is 11.4. The number of rotatable bonds is 4. The van der Waals surface area contributed by atoms with Crippen LogP contribution >= 0.6 is 23.2 Å². The molecule has 1 rings (SSSR count). The molecule has 2 N–H and O–H groups in total. The molecule has 0 spiro atoms. The molecule has 0 atom stereocenters. The fraction of sp³-hybridized carbons (Fsp3) is 0.462. The van der Waals surface area contributed by atoms with Crippen molar-refractivity contribution >= 4 is 35.0 Å². The Bertz CT molecular complexity index is 445. The van der Waals surface area contributed by atoms with Crippen LogP contribution in [0.2, 0.25) is 10.0 Å². The van der Waals surface area contributed by atoms with E-state index in [1.54, 1.807) is 18.2 Å². The molecule has 1 aromatic rings. The Balaban J connectivity index is 2.29. The fourth-order valence-electron chi connectivity index (χ4n) is 1.31. The van der Waals surface area contributed by atoms with Crippen LogP contribution in [0, 0.1) is 0 Å². The highest BCUT2D eigenvalue weighted by Gasteiger charge is 2.15. The summed E-state index contributed by atoms with van der Waals surface area (Å²) in [6.07, 6.45) is -0.434. The maximum atomic E-state index is 11.4. The average Bonchev–Trinajstić information content (AvgIpc) is 2.24. The Morgan fingerprint density at radius 3 is 2.53 bits per heavy atom. The summed E-state index contributed by atoms with van der Waals surface area (Å²) in [5, 5.41) is 6.88. The van der Waals surface area contributed by atoms with Gasteiger partial charge in [-0.1, -0.05) is 23.2 Å². The molecule has 0 aliphatic carbocycles. The van der Waals surface area contributed by atoms with E-state index in [1.807, 2.05) is 20.8 Å². The van der Waals surface area contributed by atoms with E-state index in [0.29, 0.717) is 23.1 Å². The van der Waals surface area contributed by atoms with Gasteiger partial charge in [0.1, 0.15) is 5.60 Å². The first kappa shape index (κ1) is 15.9. The molecule has 0 radical (unpaired) electrons. The monoisotopic (exact) mass is 304 g/mol. The van der Waals surface area contributed by atoms with Crippen LogP contribution in [0.25, 0.3) is 0 Å². The molecule has 1 aromatic carbocycles. The van der Waals surface area contributed by atoms with Crippen molar-refractivity contribution in [1.29, 1.82) is 0 Å². The van der Waals surface area contributed by atoms with E-state index < -0.39 is 11.7 Å². The van der Waals surface area contributed by atoms with Crippen LogP contribution < -0.4 is 10.6 Å². The molecule has 0 heterocycles. The molecule has 0 unspecified atom stereocenters. The van der Waals surface area contributed by atoms with E-state index in [2.05, 4.69) is 10.6 Å². The molecule has 4 nitrogen and oxygen atoms in total. The molecule has 106 valence electrons. The van der Waals surface area contributed by atoms with Gasteiger partial charge in [-0.05, 0) is 39.0 Å². The van der Waals surface area contributed by atoms with Gasteiger partial charge in [-0.3, -0.25) is 0 Å². The largest absolute Gasteiger partial charge is 0.444 e. The SMILES string of the molecule is CC(C)(C)OC(=O)NCCNc1ccc(Cl)cc1Cl. The number of ether oxygens (including phenoxy) is 1. The van der Waals surface area contributed by atoms with E-state index in [4.69, 9.17) is 27.9 Å². The van der Waals surface area contributed by atoms with E-state index in [-0.39, 0.29) is 0 Å². The first-order valence-corrected chi connectivity index (χ1v) is 6.69. The van der Waals surface area contributed by atoms with Gasteiger partial charge < -0.3 is 15.4 Å². The molecule has 0 aliphatic rings. The van der Waals surface area contributed by atoms with Gasteiger partial charge in [-0.15, -0.1) is 0 Å². The molecular weight excluding hydrogens is 287 g/mol. The highest BCUT2D eigenvalue weighted by Crippen LogP contribution is 2.24. The second kappa shape index (κ2) is 6.87. The van der Waals surface area contributed by atoms with Gasteiger partial charge in [0.15, 0.2) is 0 Å². The lowest BCUT2D eigenvalue weighted by atomic mass is 10.2. The van der Waals surface area contributed by atoms with Crippen LogP contribution in [-0.2, 0) is 4.74 Å². The summed E-state index contributed by atoms with van der Waals surface area (Å²) in [6.45, 7) is 6.43. The Hall–Kier alpha value is -1.13. The molecule has 0 fully saturated rings. The summed E-state index contributed by atoms with van der Waals surface area (Å²) in [6, 6.07) is 5.20. The second-order valence-electron chi connectivity index (χ2n) is 4.98. The average molecular weight is 305 g/mol. The minimum atomic E-state index is -0.489. The Labute approximate surface area is 123 Å². The molecule has 1 amide bonds. The number of amides is 1. The topological polar surface area (TPSA) is 50.4 Å². The number of hydrogen-bond donors (Lipinski definition) is 2. The molecule has 0 saturated heterocycles. The lowest BCUT2D eigenvalue weighted by molar-refractivity contribution is 0.0530. The summed E-state index contributed by atoms with van der Waals surface area (Å²) < 4.78 is 5.11. The number of benzene rings is 1. The van der Waals surface area contributed by atoms with Gasteiger partial charge in [0.05, 0.1) is 10.7 Å². The third-order valence-corrected chi connectivity index (χ3v) is 2.59. The Morgan fingerprint density at radius 1 is 1.26 bits per heavy atom. The predicted molar refractivity (Wildman–Crippen MR) is 79.2 cm³/mol. The van der Waals surface area contributed by atoms with Crippen LogP contribution in [0.5, 0.6) is 0 Å². The zero-order valence-corrected chi connectivity index (χ0v) is 12.7.